The summed E-state index contributed by atoms with van der Waals surface area (Å²) in [5.41, 5.74) is 1.26. The van der Waals surface area contributed by atoms with Gasteiger partial charge in [-0.1, -0.05) is 24.3 Å². The smallest absolute Gasteiger partial charge is 0.343 e. The second-order valence-electron chi connectivity index (χ2n) is 7.35. The Balaban J connectivity index is 1.65. The number of nitrogens with zero attached hydrogens (tertiary/aromatic N) is 1. The van der Waals surface area contributed by atoms with Crippen molar-refractivity contribution in [1.82, 2.24) is 15.3 Å². The number of ether oxygens (including phenoxy) is 1. The van der Waals surface area contributed by atoms with Crippen molar-refractivity contribution in [3.05, 3.63) is 88.3 Å². The van der Waals surface area contributed by atoms with Gasteiger partial charge in [0, 0.05) is 37.2 Å². The van der Waals surface area contributed by atoms with Crippen LogP contribution in [0.2, 0.25) is 0 Å². The van der Waals surface area contributed by atoms with E-state index in [0.717, 1.165) is 5.69 Å². The van der Waals surface area contributed by atoms with E-state index in [1.165, 1.54) is 0 Å². The first kappa shape index (κ1) is 21.2. The van der Waals surface area contributed by atoms with Crippen LogP contribution in [0, 0.1) is 0 Å². The molecule has 0 saturated heterocycles. The Hall–Kier alpha value is -4.07. The van der Waals surface area contributed by atoms with Gasteiger partial charge in [0.15, 0.2) is 0 Å². The minimum absolute atomic E-state index is 0.0357. The van der Waals surface area contributed by atoms with Gasteiger partial charge in [0.1, 0.15) is 17.1 Å². The first-order chi connectivity index (χ1) is 15.6. The molecule has 8 heteroatoms. The van der Waals surface area contributed by atoms with Crippen molar-refractivity contribution in [2.24, 2.45) is 0 Å². The summed E-state index contributed by atoms with van der Waals surface area (Å²) in [6, 6.07) is 13.8. The topological polar surface area (TPSA) is 117 Å². The van der Waals surface area contributed by atoms with E-state index in [4.69, 9.17) is 9.15 Å². The lowest BCUT2D eigenvalue weighted by molar-refractivity contribution is -0.121. The van der Waals surface area contributed by atoms with Crippen LogP contribution in [-0.2, 0) is 11.2 Å². The largest absolute Gasteiger partial charge is 0.507 e. The van der Waals surface area contributed by atoms with Crippen LogP contribution < -0.4 is 15.7 Å². The van der Waals surface area contributed by atoms with Crippen molar-refractivity contribution in [2.45, 2.75) is 18.8 Å². The first-order valence-corrected chi connectivity index (χ1v) is 10.2. The average molecular weight is 433 g/mol. The third-order valence-electron chi connectivity index (χ3n) is 5.35. The summed E-state index contributed by atoms with van der Waals surface area (Å²) < 4.78 is 10.7. The van der Waals surface area contributed by atoms with Crippen molar-refractivity contribution >= 4 is 16.9 Å². The number of fused-ring (bicyclic) bond motifs is 1. The van der Waals surface area contributed by atoms with Crippen LogP contribution in [0.3, 0.4) is 0 Å². The molecule has 0 spiro atoms. The summed E-state index contributed by atoms with van der Waals surface area (Å²) in [5.74, 6) is -0.486. The van der Waals surface area contributed by atoms with Crippen molar-refractivity contribution < 1.29 is 19.1 Å². The summed E-state index contributed by atoms with van der Waals surface area (Å²) in [7, 11) is 1.56. The van der Waals surface area contributed by atoms with Gasteiger partial charge >= 0.3 is 5.63 Å². The molecular formula is C24H23N3O5. The highest BCUT2D eigenvalue weighted by Crippen LogP contribution is 2.36. The van der Waals surface area contributed by atoms with Gasteiger partial charge in [-0.15, -0.1) is 0 Å². The van der Waals surface area contributed by atoms with Gasteiger partial charge in [-0.25, -0.2) is 9.78 Å². The second-order valence-corrected chi connectivity index (χ2v) is 7.35. The Bertz CT molecular complexity index is 1260. The SMILES string of the molecule is COc1ccc(C(CC(=O)NCCc2cnc[nH]2)c2c(O)c3ccccc3oc2=O)cc1. The zero-order valence-corrected chi connectivity index (χ0v) is 17.5. The molecule has 1 unspecified atom stereocenters. The fraction of sp³-hybridized carbons (Fsp3) is 0.208. The van der Waals surface area contributed by atoms with Crippen molar-refractivity contribution in [1.29, 1.82) is 0 Å². The van der Waals surface area contributed by atoms with Crippen molar-refractivity contribution in [3.8, 4) is 11.5 Å². The van der Waals surface area contributed by atoms with Gasteiger partial charge in [0.2, 0.25) is 5.91 Å². The van der Waals surface area contributed by atoms with Crippen LogP contribution in [0.15, 0.2) is 70.3 Å². The van der Waals surface area contributed by atoms with Crippen LogP contribution in [0.1, 0.15) is 29.2 Å². The Kier molecular flexibility index (Phi) is 6.21. The zero-order chi connectivity index (χ0) is 22.5. The monoisotopic (exact) mass is 433 g/mol. The molecule has 1 amide bonds. The highest BCUT2D eigenvalue weighted by atomic mass is 16.5. The number of rotatable bonds is 8. The average Bonchev–Trinajstić information content (AvgIpc) is 3.32. The van der Waals surface area contributed by atoms with Crippen LogP contribution in [-0.4, -0.2) is 34.6 Å². The number of H-pyrrole nitrogens is 1. The Morgan fingerprint density at radius 1 is 1.22 bits per heavy atom. The summed E-state index contributed by atoms with van der Waals surface area (Å²) in [5, 5.41) is 14.2. The lowest BCUT2D eigenvalue weighted by Crippen LogP contribution is -2.28. The molecule has 0 saturated carbocycles. The van der Waals surface area contributed by atoms with Gasteiger partial charge < -0.3 is 24.6 Å². The molecule has 1 atom stereocenters. The number of carbonyl (C=O) groups excluding carboxylic acids is 1. The molecule has 0 aliphatic heterocycles. The molecule has 0 fully saturated rings. The van der Waals surface area contributed by atoms with Crippen molar-refractivity contribution in [3.63, 3.8) is 0 Å². The summed E-state index contributed by atoms with van der Waals surface area (Å²) in [6.07, 6.45) is 3.84. The molecule has 8 nitrogen and oxygen atoms in total. The van der Waals surface area contributed by atoms with E-state index in [1.54, 1.807) is 68.2 Å². The van der Waals surface area contributed by atoms with Crippen LogP contribution in [0.5, 0.6) is 11.5 Å². The maximum Gasteiger partial charge on any atom is 0.343 e. The van der Waals surface area contributed by atoms with Crippen LogP contribution in [0.4, 0.5) is 0 Å². The number of nitrogens with one attached hydrogen (secondary N) is 2. The molecule has 2 heterocycles. The predicted molar refractivity (Wildman–Crippen MR) is 119 cm³/mol. The number of hydrogen-bond acceptors (Lipinski definition) is 6. The Morgan fingerprint density at radius 3 is 2.72 bits per heavy atom. The van der Waals surface area contributed by atoms with E-state index in [-0.39, 0.29) is 29.2 Å². The Labute approximate surface area is 183 Å². The lowest BCUT2D eigenvalue weighted by atomic mass is 9.88. The number of amides is 1. The maximum absolute atomic E-state index is 12.8. The van der Waals surface area contributed by atoms with Crippen LogP contribution >= 0.6 is 0 Å². The van der Waals surface area contributed by atoms with E-state index in [2.05, 4.69) is 15.3 Å². The molecule has 0 bridgehead atoms. The van der Waals surface area contributed by atoms with Gasteiger partial charge in [0.05, 0.1) is 24.4 Å². The van der Waals surface area contributed by atoms with E-state index in [1.807, 2.05) is 0 Å². The standard InChI is InChI=1S/C24H23N3O5/c1-31-17-8-6-15(7-9-17)19(12-21(28)26-11-10-16-13-25-14-27-16)22-23(29)18-4-2-3-5-20(18)32-24(22)30/h2-9,13-14,19,29H,10-12H2,1H3,(H,25,27)(H,26,28). The number of aromatic hydroxyl groups is 1. The minimum atomic E-state index is -0.700. The number of benzene rings is 2. The predicted octanol–water partition coefficient (Wildman–Crippen LogP) is 3.11. The maximum atomic E-state index is 12.8. The molecule has 0 aliphatic rings. The number of para-hydroxylation sites is 1. The number of aromatic nitrogens is 2. The highest BCUT2D eigenvalue weighted by Gasteiger charge is 2.27. The van der Waals surface area contributed by atoms with Gasteiger partial charge in [-0.2, -0.15) is 0 Å². The highest BCUT2D eigenvalue weighted by molar-refractivity contribution is 5.85. The normalized spacial score (nSPS) is 11.9. The molecule has 3 N–H and O–H groups in total. The number of aromatic amines is 1. The third-order valence-corrected chi connectivity index (χ3v) is 5.35. The summed E-state index contributed by atoms with van der Waals surface area (Å²) >= 11 is 0. The van der Waals surface area contributed by atoms with E-state index in [9.17, 15) is 14.7 Å². The summed E-state index contributed by atoms with van der Waals surface area (Å²) in [6.45, 7) is 0.411. The summed E-state index contributed by atoms with van der Waals surface area (Å²) in [4.78, 5) is 32.6. The minimum Gasteiger partial charge on any atom is -0.507 e. The molecule has 164 valence electrons. The third kappa shape index (κ3) is 4.49. The molecule has 32 heavy (non-hydrogen) atoms. The lowest BCUT2D eigenvalue weighted by Gasteiger charge is -2.19. The fourth-order valence-corrected chi connectivity index (χ4v) is 3.69. The molecule has 4 rings (SSSR count). The van der Waals surface area contributed by atoms with Gasteiger partial charge in [0.25, 0.3) is 0 Å². The number of hydrogen-bond donors (Lipinski definition) is 3. The van der Waals surface area contributed by atoms with E-state index in [0.29, 0.717) is 29.7 Å². The fourth-order valence-electron chi connectivity index (χ4n) is 3.69. The molecule has 0 radical (unpaired) electrons. The van der Waals surface area contributed by atoms with E-state index < -0.39 is 11.5 Å². The molecular weight excluding hydrogens is 410 g/mol. The second kappa shape index (κ2) is 9.38. The number of carbonyl (C=O) groups is 1. The van der Waals surface area contributed by atoms with Gasteiger partial charge in [-0.3, -0.25) is 4.79 Å². The first-order valence-electron chi connectivity index (χ1n) is 10.2. The molecule has 2 aromatic carbocycles. The number of methoxy groups -OCH3 is 1. The van der Waals surface area contributed by atoms with Crippen LogP contribution in [0.25, 0.3) is 11.0 Å². The molecule has 2 aromatic heterocycles. The zero-order valence-electron chi connectivity index (χ0n) is 17.5. The molecule has 4 aromatic rings. The van der Waals surface area contributed by atoms with Crippen molar-refractivity contribution in [2.75, 3.05) is 13.7 Å². The Morgan fingerprint density at radius 2 is 2.00 bits per heavy atom. The number of imidazole rings is 1. The van der Waals surface area contributed by atoms with Gasteiger partial charge in [-0.05, 0) is 29.8 Å². The quantitative estimate of drug-likeness (QED) is 0.368. The van der Waals surface area contributed by atoms with E-state index >= 15 is 0 Å². The molecule has 0 aliphatic carbocycles.